The molecule has 5 rings (SSSR count). The van der Waals surface area contributed by atoms with E-state index in [9.17, 15) is 14.4 Å². The lowest BCUT2D eigenvalue weighted by Crippen LogP contribution is -2.45. The van der Waals surface area contributed by atoms with E-state index in [2.05, 4.69) is 24.3 Å². The third-order valence-electron chi connectivity index (χ3n) is 7.17. The van der Waals surface area contributed by atoms with Gasteiger partial charge in [0.2, 0.25) is 5.91 Å². The molecule has 6 nitrogen and oxygen atoms in total. The number of methoxy groups -OCH3 is 1. The fourth-order valence-electron chi connectivity index (χ4n) is 5.41. The van der Waals surface area contributed by atoms with Crippen molar-refractivity contribution >= 4 is 34.7 Å². The first-order valence-corrected chi connectivity index (χ1v) is 12.1. The summed E-state index contributed by atoms with van der Waals surface area (Å²) in [6.45, 7) is 3.56. The van der Waals surface area contributed by atoms with Gasteiger partial charge in [-0.15, -0.1) is 0 Å². The van der Waals surface area contributed by atoms with Crippen LogP contribution >= 0.6 is 0 Å². The Labute approximate surface area is 210 Å². The minimum absolute atomic E-state index is 0.0338. The first-order valence-electron chi connectivity index (χ1n) is 12.1. The summed E-state index contributed by atoms with van der Waals surface area (Å²) < 4.78 is 4.83. The molecule has 1 fully saturated rings. The summed E-state index contributed by atoms with van der Waals surface area (Å²) in [4.78, 5) is 45.7. The highest BCUT2D eigenvalue weighted by Gasteiger charge is 2.45. The van der Waals surface area contributed by atoms with Crippen LogP contribution in [0, 0.1) is 12.8 Å². The third-order valence-corrected chi connectivity index (χ3v) is 7.17. The zero-order chi connectivity index (χ0) is 25.4. The van der Waals surface area contributed by atoms with Crippen LogP contribution in [0.2, 0.25) is 0 Å². The van der Waals surface area contributed by atoms with Crippen molar-refractivity contribution in [3.8, 4) is 0 Å². The van der Waals surface area contributed by atoms with Gasteiger partial charge in [-0.1, -0.05) is 54.1 Å². The van der Waals surface area contributed by atoms with E-state index in [0.29, 0.717) is 29.8 Å². The second kappa shape index (κ2) is 9.53. The Bertz CT molecular complexity index is 1360. The lowest BCUT2D eigenvalue weighted by molar-refractivity contribution is -0.123. The molecule has 1 aliphatic carbocycles. The zero-order valence-electron chi connectivity index (χ0n) is 20.6. The number of carbonyl (C=O) groups excluding carboxylic acids is 3. The van der Waals surface area contributed by atoms with Gasteiger partial charge < -0.3 is 9.64 Å². The van der Waals surface area contributed by atoms with Crippen LogP contribution in [0.5, 0.6) is 0 Å². The van der Waals surface area contributed by atoms with Gasteiger partial charge in [-0.25, -0.2) is 4.79 Å². The maximum Gasteiger partial charge on any atom is 0.337 e. The highest BCUT2D eigenvalue weighted by Crippen LogP contribution is 2.47. The number of fused-ring (bicyclic) bond motifs is 2. The van der Waals surface area contributed by atoms with Crippen LogP contribution in [0.3, 0.4) is 0 Å². The Balaban J connectivity index is 1.64. The van der Waals surface area contributed by atoms with Crippen LogP contribution in [0.4, 0.5) is 11.4 Å². The molecule has 0 spiro atoms. The number of ether oxygens (including phenoxy) is 1. The van der Waals surface area contributed by atoms with E-state index in [0.717, 1.165) is 16.8 Å². The Morgan fingerprint density at radius 1 is 0.917 bits per heavy atom. The normalized spacial score (nSPS) is 21.1. The largest absolute Gasteiger partial charge is 0.465 e. The van der Waals surface area contributed by atoms with Gasteiger partial charge in [-0.05, 0) is 54.7 Å². The molecular formula is C30H28N2O4. The molecule has 0 radical (unpaired) electrons. The Morgan fingerprint density at radius 3 is 2.25 bits per heavy atom. The molecular weight excluding hydrogens is 452 g/mol. The van der Waals surface area contributed by atoms with Crippen molar-refractivity contribution in [1.29, 1.82) is 0 Å². The third kappa shape index (κ3) is 4.24. The average molecular weight is 481 g/mol. The van der Waals surface area contributed by atoms with Gasteiger partial charge >= 0.3 is 5.97 Å². The number of esters is 1. The number of anilines is 1. The van der Waals surface area contributed by atoms with E-state index >= 15 is 0 Å². The first-order chi connectivity index (χ1) is 17.4. The van der Waals surface area contributed by atoms with E-state index in [1.165, 1.54) is 19.6 Å². The molecule has 0 saturated heterocycles. The molecule has 0 aromatic heterocycles. The number of carbonyl (C=O) groups is 3. The molecule has 3 unspecified atom stereocenters. The molecule has 182 valence electrons. The summed E-state index contributed by atoms with van der Waals surface area (Å²) in [7, 11) is 1.34. The molecule has 1 heterocycles. The van der Waals surface area contributed by atoms with Gasteiger partial charge in [0.05, 0.1) is 36.0 Å². The second-order valence-electron chi connectivity index (χ2n) is 9.50. The molecule has 0 bridgehead atoms. The Morgan fingerprint density at radius 2 is 1.58 bits per heavy atom. The fraction of sp³-hybridized carbons (Fsp3) is 0.267. The van der Waals surface area contributed by atoms with Crippen molar-refractivity contribution in [3.63, 3.8) is 0 Å². The Kier molecular flexibility index (Phi) is 6.27. The standard InChI is InChI=1S/C30H28N2O4/c1-18-8-10-20(11-9-18)23-16-25-28(27(34)17-23)29(21-12-14-22(15-13-21)30(35)36-3)32(19(2)33)26-7-5-4-6-24(26)31-25/h4-15,23,28-29H,16-17H2,1-3H3. The highest BCUT2D eigenvalue weighted by atomic mass is 16.5. The Hall–Kier alpha value is -4.06. The molecule has 1 saturated carbocycles. The predicted octanol–water partition coefficient (Wildman–Crippen LogP) is 5.72. The second-order valence-corrected chi connectivity index (χ2v) is 9.50. The number of benzene rings is 3. The molecule has 6 heteroatoms. The lowest BCUT2D eigenvalue weighted by Gasteiger charge is -2.38. The summed E-state index contributed by atoms with van der Waals surface area (Å²) in [5, 5.41) is 0. The molecule has 1 aliphatic heterocycles. The van der Waals surface area contributed by atoms with Crippen LogP contribution in [0.25, 0.3) is 0 Å². The van der Waals surface area contributed by atoms with Crippen LogP contribution in [0.1, 0.15) is 58.8 Å². The number of amides is 1. The summed E-state index contributed by atoms with van der Waals surface area (Å²) in [5.41, 5.74) is 5.62. The zero-order valence-corrected chi connectivity index (χ0v) is 20.6. The number of ketones is 1. The van der Waals surface area contributed by atoms with E-state index in [1.807, 2.05) is 31.2 Å². The summed E-state index contributed by atoms with van der Waals surface area (Å²) in [6.07, 6.45) is 1.02. The smallest absolute Gasteiger partial charge is 0.337 e. The number of hydrogen-bond donors (Lipinski definition) is 0. The number of Topliss-reactive ketones (excluding diaryl/α,β-unsaturated/α-hetero) is 1. The van der Waals surface area contributed by atoms with Crippen LogP contribution in [-0.4, -0.2) is 30.5 Å². The number of aryl methyl sites for hydroxylation is 1. The molecule has 36 heavy (non-hydrogen) atoms. The molecule has 1 amide bonds. The maximum absolute atomic E-state index is 13.9. The van der Waals surface area contributed by atoms with Crippen LogP contribution < -0.4 is 4.90 Å². The van der Waals surface area contributed by atoms with Crippen molar-refractivity contribution in [1.82, 2.24) is 0 Å². The van der Waals surface area contributed by atoms with Gasteiger partial charge in [0.1, 0.15) is 5.78 Å². The van der Waals surface area contributed by atoms with E-state index < -0.39 is 17.9 Å². The van der Waals surface area contributed by atoms with E-state index in [4.69, 9.17) is 9.73 Å². The number of aliphatic imine (C=N–C) groups is 1. The highest BCUT2D eigenvalue weighted by molar-refractivity contribution is 6.13. The topological polar surface area (TPSA) is 76.0 Å². The number of rotatable bonds is 3. The molecule has 3 aromatic rings. The fourth-order valence-corrected chi connectivity index (χ4v) is 5.41. The van der Waals surface area contributed by atoms with Crippen molar-refractivity contribution in [3.05, 3.63) is 95.1 Å². The number of hydrogen-bond acceptors (Lipinski definition) is 5. The number of para-hydroxylation sites is 2. The van der Waals surface area contributed by atoms with Gasteiger partial charge in [0, 0.05) is 19.1 Å². The monoisotopic (exact) mass is 480 g/mol. The van der Waals surface area contributed by atoms with Gasteiger partial charge in [-0.3, -0.25) is 14.6 Å². The summed E-state index contributed by atoms with van der Waals surface area (Å²) >= 11 is 0. The average Bonchev–Trinajstić information content (AvgIpc) is 3.03. The quantitative estimate of drug-likeness (QED) is 0.449. The lowest BCUT2D eigenvalue weighted by atomic mass is 9.72. The minimum atomic E-state index is -0.577. The van der Waals surface area contributed by atoms with Crippen molar-refractivity contribution in [2.45, 2.75) is 38.6 Å². The van der Waals surface area contributed by atoms with Crippen molar-refractivity contribution < 1.29 is 19.1 Å². The van der Waals surface area contributed by atoms with E-state index in [-0.39, 0.29) is 17.6 Å². The van der Waals surface area contributed by atoms with Crippen molar-refractivity contribution in [2.24, 2.45) is 10.9 Å². The van der Waals surface area contributed by atoms with Gasteiger partial charge in [0.25, 0.3) is 0 Å². The summed E-state index contributed by atoms with van der Waals surface area (Å²) in [6, 6.07) is 22.2. The maximum atomic E-state index is 13.9. The SMILES string of the molecule is COC(=O)c1ccc(C2C3C(=O)CC(c4ccc(C)cc4)CC3=Nc3ccccc3N2C(C)=O)cc1. The summed E-state index contributed by atoms with van der Waals surface area (Å²) in [5.74, 6) is -1.09. The van der Waals surface area contributed by atoms with Crippen LogP contribution in [0.15, 0.2) is 77.8 Å². The van der Waals surface area contributed by atoms with Gasteiger partial charge in [0.15, 0.2) is 0 Å². The molecule has 3 aromatic carbocycles. The van der Waals surface area contributed by atoms with Crippen LogP contribution in [-0.2, 0) is 14.3 Å². The van der Waals surface area contributed by atoms with Crippen molar-refractivity contribution in [2.75, 3.05) is 12.0 Å². The predicted molar refractivity (Wildman–Crippen MR) is 139 cm³/mol. The molecule has 2 aliphatic rings. The van der Waals surface area contributed by atoms with Gasteiger partial charge in [-0.2, -0.15) is 0 Å². The van der Waals surface area contributed by atoms with E-state index in [1.54, 1.807) is 29.2 Å². The minimum Gasteiger partial charge on any atom is -0.465 e. The molecule has 3 atom stereocenters. The molecule has 0 N–H and O–H groups in total. The first kappa shape index (κ1) is 23.7. The number of nitrogens with zero attached hydrogens (tertiary/aromatic N) is 2.